The molecule has 0 atom stereocenters. The summed E-state index contributed by atoms with van der Waals surface area (Å²) >= 11 is 12.5. The van der Waals surface area contributed by atoms with Gasteiger partial charge in [-0.15, -0.1) is 11.3 Å². The molecule has 1 aromatic heterocycles. The van der Waals surface area contributed by atoms with Crippen LogP contribution in [0.25, 0.3) is 11.3 Å². The number of aryl methyl sites for hydroxylation is 1. The minimum atomic E-state index is 0.794. The van der Waals surface area contributed by atoms with E-state index in [1.165, 1.54) is 11.3 Å². The summed E-state index contributed by atoms with van der Waals surface area (Å²) in [6, 6.07) is 5.94. The molecule has 2 aromatic rings. The van der Waals surface area contributed by atoms with Crippen molar-refractivity contribution < 1.29 is 0 Å². The molecular weight excluding hydrogens is 234 g/mol. The fraction of sp³-hybridized carbons (Fsp3) is 0.100. The van der Waals surface area contributed by atoms with Crippen LogP contribution in [0.2, 0.25) is 5.02 Å². The maximum atomic E-state index is 5.95. The van der Waals surface area contributed by atoms with Crippen molar-refractivity contribution in [3.05, 3.63) is 38.1 Å². The van der Waals surface area contributed by atoms with E-state index in [1.54, 1.807) is 0 Å². The molecule has 14 heavy (non-hydrogen) atoms. The molecule has 1 nitrogen and oxygen atoms in total. The first kappa shape index (κ1) is 9.90. The number of hydrogen-bond donors (Lipinski definition) is 1. The lowest BCUT2D eigenvalue weighted by Crippen LogP contribution is -1.80. The van der Waals surface area contributed by atoms with Crippen LogP contribution in [0, 0.1) is 10.9 Å². The monoisotopic (exact) mass is 241 g/mol. The normalized spacial score (nSPS) is 10.4. The van der Waals surface area contributed by atoms with Gasteiger partial charge in [-0.05, 0) is 42.4 Å². The Balaban J connectivity index is 2.52. The van der Waals surface area contributed by atoms with E-state index in [0.717, 1.165) is 25.8 Å². The van der Waals surface area contributed by atoms with Gasteiger partial charge in [0.15, 0.2) is 3.95 Å². The van der Waals surface area contributed by atoms with Crippen LogP contribution in [0.15, 0.2) is 23.6 Å². The number of hydrogen-bond acceptors (Lipinski definition) is 2. The molecule has 1 aromatic carbocycles. The van der Waals surface area contributed by atoms with Crippen LogP contribution in [0.1, 0.15) is 5.56 Å². The molecule has 1 N–H and O–H groups in total. The maximum Gasteiger partial charge on any atom is 0.158 e. The van der Waals surface area contributed by atoms with E-state index in [-0.39, 0.29) is 0 Å². The number of H-pyrrole nitrogens is 1. The summed E-state index contributed by atoms with van der Waals surface area (Å²) in [7, 11) is 0. The number of rotatable bonds is 1. The predicted octanol–water partition coefficient (Wildman–Crippen LogP) is 4.43. The Morgan fingerprint density at radius 3 is 2.79 bits per heavy atom. The van der Waals surface area contributed by atoms with Gasteiger partial charge in [0.05, 0.1) is 5.69 Å². The van der Waals surface area contributed by atoms with E-state index in [4.69, 9.17) is 23.8 Å². The van der Waals surface area contributed by atoms with Crippen LogP contribution in [0.3, 0.4) is 0 Å². The number of halogens is 1. The zero-order chi connectivity index (χ0) is 10.1. The van der Waals surface area contributed by atoms with E-state index in [2.05, 4.69) is 11.1 Å². The summed E-state index contributed by atoms with van der Waals surface area (Å²) < 4.78 is 0.799. The zero-order valence-electron chi connectivity index (χ0n) is 7.50. The minimum absolute atomic E-state index is 0.794. The lowest BCUT2D eigenvalue weighted by atomic mass is 10.1. The van der Waals surface area contributed by atoms with Gasteiger partial charge in [-0.3, -0.25) is 0 Å². The molecule has 0 fully saturated rings. The van der Waals surface area contributed by atoms with Crippen LogP contribution in [0.4, 0.5) is 0 Å². The first-order valence-electron chi connectivity index (χ1n) is 4.11. The zero-order valence-corrected chi connectivity index (χ0v) is 9.89. The molecule has 0 amide bonds. The third kappa shape index (κ3) is 1.90. The first-order valence-corrected chi connectivity index (χ1v) is 5.78. The first-order chi connectivity index (χ1) is 6.66. The Labute approximate surface area is 96.4 Å². The van der Waals surface area contributed by atoms with E-state index < -0.39 is 0 Å². The third-order valence-corrected chi connectivity index (χ3v) is 3.47. The average molecular weight is 242 g/mol. The predicted molar refractivity (Wildman–Crippen MR) is 64.7 cm³/mol. The molecule has 0 aliphatic carbocycles. The number of aromatic nitrogens is 1. The highest BCUT2D eigenvalue weighted by atomic mass is 35.5. The number of thiazole rings is 1. The maximum absolute atomic E-state index is 5.95. The van der Waals surface area contributed by atoms with Gasteiger partial charge in [-0.1, -0.05) is 17.7 Å². The van der Waals surface area contributed by atoms with Crippen molar-refractivity contribution in [3.8, 4) is 11.3 Å². The largest absolute Gasteiger partial charge is 0.337 e. The summed E-state index contributed by atoms with van der Waals surface area (Å²) in [6.45, 7) is 1.99. The van der Waals surface area contributed by atoms with E-state index in [9.17, 15) is 0 Å². The summed E-state index contributed by atoms with van der Waals surface area (Å²) in [6.07, 6.45) is 0. The van der Waals surface area contributed by atoms with E-state index in [0.29, 0.717) is 0 Å². The topological polar surface area (TPSA) is 15.8 Å². The molecule has 0 saturated heterocycles. The number of nitrogens with one attached hydrogen (secondary N) is 1. The molecule has 4 heteroatoms. The Morgan fingerprint density at radius 1 is 1.43 bits per heavy atom. The molecule has 0 radical (unpaired) electrons. The minimum Gasteiger partial charge on any atom is -0.337 e. The highest BCUT2D eigenvalue weighted by Gasteiger charge is 2.01. The quantitative estimate of drug-likeness (QED) is 0.730. The highest BCUT2D eigenvalue weighted by molar-refractivity contribution is 7.73. The van der Waals surface area contributed by atoms with Crippen molar-refractivity contribution in [1.82, 2.24) is 4.98 Å². The SMILES string of the molecule is Cc1cc(-c2csc(=S)[nH]2)ccc1Cl. The highest BCUT2D eigenvalue weighted by Crippen LogP contribution is 2.24. The summed E-state index contributed by atoms with van der Waals surface area (Å²) in [5, 5.41) is 2.81. The molecule has 0 unspecified atom stereocenters. The van der Waals surface area contributed by atoms with Gasteiger partial charge >= 0.3 is 0 Å². The van der Waals surface area contributed by atoms with Gasteiger partial charge in [0.1, 0.15) is 0 Å². The molecule has 0 saturated carbocycles. The van der Waals surface area contributed by atoms with Crippen LogP contribution in [-0.2, 0) is 0 Å². The van der Waals surface area contributed by atoms with Gasteiger partial charge < -0.3 is 4.98 Å². The van der Waals surface area contributed by atoms with Crippen LogP contribution in [0.5, 0.6) is 0 Å². The molecule has 0 aliphatic rings. The second-order valence-corrected chi connectivity index (χ2v) is 4.98. The van der Waals surface area contributed by atoms with Gasteiger partial charge in [-0.2, -0.15) is 0 Å². The van der Waals surface area contributed by atoms with Gasteiger partial charge in [0, 0.05) is 10.4 Å². The van der Waals surface area contributed by atoms with E-state index >= 15 is 0 Å². The van der Waals surface area contributed by atoms with Gasteiger partial charge in [-0.25, -0.2) is 0 Å². The van der Waals surface area contributed by atoms with Crippen molar-refractivity contribution in [1.29, 1.82) is 0 Å². The molecule has 0 aliphatic heterocycles. The van der Waals surface area contributed by atoms with Crippen LogP contribution >= 0.6 is 35.2 Å². The van der Waals surface area contributed by atoms with Crippen molar-refractivity contribution in [2.24, 2.45) is 0 Å². The lowest BCUT2D eigenvalue weighted by Gasteiger charge is -2.01. The molecule has 1 heterocycles. The third-order valence-electron chi connectivity index (χ3n) is 1.99. The fourth-order valence-corrected chi connectivity index (χ4v) is 2.19. The lowest BCUT2D eigenvalue weighted by molar-refractivity contribution is 1.37. The van der Waals surface area contributed by atoms with Crippen LogP contribution in [-0.4, -0.2) is 4.98 Å². The second-order valence-electron chi connectivity index (χ2n) is 3.03. The second kappa shape index (κ2) is 3.85. The van der Waals surface area contributed by atoms with Gasteiger partial charge in [0.2, 0.25) is 0 Å². The van der Waals surface area contributed by atoms with Gasteiger partial charge in [0.25, 0.3) is 0 Å². The number of benzene rings is 1. The Bertz CT molecular complexity index is 513. The fourth-order valence-electron chi connectivity index (χ4n) is 1.23. The molecule has 2 rings (SSSR count). The number of aromatic amines is 1. The van der Waals surface area contributed by atoms with E-state index in [1.807, 2.05) is 24.4 Å². The smallest absolute Gasteiger partial charge is 0.158 e. The van der Waals surface area contributed by atoms with Crippen molar-refractivity contribution in [3.63, 3.8) is 0 Å². The van der Waals surface area contributed by atoms with Crippen molar-refractivity contribution in [2.75, 3.05) is 0 Å². The standard InChI is InChI=1S/C10H8ClNS2/c1-6-4-7(2-3-8(6)11)9-5-14-10(13)12-9/h2-5H,1H3,(H,12,13). The summed E-state index contributed by atoms with van der Waals surface area (Å²) in [5.41, 5.74) is 3.26. The Kier molecular flexibility index (Phi) is 2.72. The molecular formula is C10H8ClNS2. The molecule has 0 bridgehead atoms. The summed E-state index contributed by atoms with van der Waals surface area (Å²) in [5.74, 6) is 0. The molecule has 0 spiro atoms. The van der Waals surface area contributed by atoms with Crippen LogP contribution < -0.4 is 0 Å². The average Bonchev–Trinajstić information content (AvgIpc) is 2.57. The van der Waals surface area contributed by atoms with Crippen molar-refractivity contribution >= 4 is 35.2 Å². The Hall–Kier alpha value is -0.640. The molecule has 72 valence electrons. The van der Waals surface area contributed by atoms with Crippen molar-refractivity contribution in [2.45, 2.75) is 6.92 Å². The summed E-state index contributed by atoms with van der Waals surface area (Å²) in [4.78, 5) is 3.13. The Morgan fingerprint density at radius 2 is 2.21 bits per heavy atom.